The third-order valence-electron chi connectivity index (χ3n) is 6.09. The summed E-state index contributed by atoms with van der Waals surface area (Å²) in [4.78, 5) is 24.1. The van der Waals surface area contributed by atoms with E-state index in [2.05, 4.69) is 20.4 Å². The molecule has 1 aliphatic heterocycles. The maximum atomic E-state index is 13.4. The highest BCUT2D eigenvalue weighted by atomic mass is 35.5. The molecular formula is C26H24ClN5O2. The first-order valence-corrected chi connectivity index (χ1v) is 11.6. The Morgan fingerprint density at radius 2 is 1.97 bits per heavy atom. The minimum absolute atomic E-state index is 0.134. The van der Waals surface area contributed by atoms with Crippen LogP contribution in [0.15, 0.2) is 71.6 Å². The molecule has 1 atom stereocenters. The van der Waals surface area contributed by atoms with Crippen molar-refractivity contribution in [3.63, 3.8) is 0 Å². The van der Waals surface area contributed by atoms with E-state index < -0.39 is 0 Å². The summed E-state index contributed by atoms with van der Waals surface area (Å²) in [5.41, 5.74) is 5.07. The minimum atomic E-state index is -0.193. The van der Waals surface area contributed by atoms with E-state index in [0.717, 1.165) is 35.2 Å². The summed E-state index contributed by atoms with van der Waals surface area (Å²) < 4.78 is 5.54. The normalized spacial score (nSPS) is 15.5. The van der Waals surface area contributed by atoms with Crippen molar-refractivity contribution in [2.45, 2.75) is 32.2 Å². The van der Waals surface area contributed by atoms with Crippen LogP contribution in [-0.4, -0.2) is 32.6 Å². The summed E-state index contributed by atoms with van der Waals surface area (Å²) >= 11 is 6.04. The lowest BCUT2D eigenvalue weighted by Crippen LogP contribution is -2.35. The monoisotopic (exact) mass is 473 g/mol. The smallest absolute Gasteiger partial charge is 0.322 e. The Bertz CT molecular complexity index is 1290. The van der Waals surface area contributed by atoms with Crippen LogP contribution in [0.2, 0.25) is 5.02 Å². The van der Waals surface area contributed by atoms with Crippen LogP contribution in [0.3, 0.4) is 0 Å². The number of aryl methyl sites for hydroxylation is 1. The van der Waals surface area contributed by atoms with E-state index in [1.165, 1.54) is 0 Å². The molecule has 2 aromatic heterocycles. The van der Waals surface area contributed by atoms with Crippen molar-refractivity contribution in [1.82, 2.24) is 20.0 Å². The molecule has 4 aromatic rings. The van der Waals surface area contributed by atoms with E-state index >= 15 is 0 Å². The van der Waals surface area contributed by atoms with Crippen molar-refractivity contribution in [2.75, 3.05) is 11.9 Å². The number of likely N-dealkylation sites (tertiary alicyclic amines) is 1. The van der Waals surface area contributed by atoms with Crippen molar-refractivity contribution in [3.05, 3.63) is 94.7 Å². The van der Waals surface area contributed by atoms with E-state index in [1.54, 1.807) is 6.33 Å². The topological polar surface area (TPSA) is 84.2 Å². The van der Waals surface area contributed by atoms with Crippen LogP contribution in [0.1, 0.15) is 41.4 Å². The summed E-state index contributed by atoms with van der Waals surface area (Å²) in [5, 5.41) is 7.83. The number of carbonyl (C=O) groups is 1. The number of rotatable bonds is 5. The molecule has 7 nitrogen and oxygen atoms in total. The molecule has 0 spiro atoms. The average molecular weight is 474 g/mol. The fourth-order valence-corrected chi connectivity index (χ4v) is 4.53. The Hall–Kier alpha value is -3.71. The van der Waals surface area contributed by atoms with Crippen molar-refractivity contribution in [3.8, 4) is 11.3 Å². The average Bonchev–Trinajstić information content (AvgIpc) is 3.49. The number of amides is 2. The summed E-state index contributed by atoms with van der Waals surface area (Å²) in [6, 6.07) is 17.1. The molecule has 172 valence electrons. The van der Waals surface area contributed by atoms with Gasteiger partial charge in [-0.05, 0) is 43.0 Å². The second-order valence-electron chi connectivity index (χ2n) is 8.36. The van der Waals surface area contributed by atoms with Gasteiger partial charge in [0.25, 0.3) is 0 Å². The van der Waals surface area contributed by atoms with Gasteiger partial charge in [0, 0.05) is 29.7 Å². The summed E-state index contributed by atoms with van der Waals surface area (Å²) in [6.45, 7) is 2.47. The van der Waals surface area contributed by atoms with E-state index in [1.807, 2.05) is 72.6 Å². The number of nitrogens with zero attached hydrogens (tertiary/aromatic N) is 4. The highest BCUT2D eigenvalue weighted by Crippen LogP contribution is 2.35. The van der Waals surface area contributed by atoms with Crippen molar-refractivity contribution < 1.29 is 9.32 Å². The van der Waals surface area contributed by atoms with Crippen molar-refractivity contribution in [2.24, 2.45) is 0 Å². The molecule has 1 fully saturated rings. The second-order valence-corrected chi connectivity index (χ2v) is 8.79. The molecule has 1 aliphatic rings. The number of hydrogen-bond acceptors (Lipinski definition) is 5. The Balaban J connectivity index is 1.39. The zero-order valence-electron chi connectivity index (χ0n) is 18.7. The lowest BCUT2D eigenvalue weighted by molar-refractivity contribution is 0.206. The van der Waals surface area contributed by atoms with Crippen molar-refractivity contribution in [1.29, 1.82) is 0 Å². The molecule has 34 heavy (non-hydrogen) atoms. The first kappa shape index (κ1) is 22.1. The molecule has 5 rings (SSSR count). The van der Waals surface area contributed by atoms with Gasteiger partial charge in [0.1, 0.15) is 17.7 Å². The molecule has 0 bridgehead atoms. The first-order chi connectivity index (χ1) is 16.6. The van der Waals surface area contributed by atoms with E-state index in [4.69, 9.17) is 16.1 Å². The largest absolute Gasteiger partial charge is 0.354 e. The van der Waals surface area contributed by atoms with E-state index in [-0.39, 0.29) is 12.1 Å². The number of benzene rings is 2. The zero-order valence-corrected chi connectivity index (χ0v) is 19.5. The van der Waals surface area contributed by atoms with Crippen LogP contribution < -0.4 is 5.32 Å². The third kappa shape index (κ3) is 4.52. The number of nitrogens with one attached hydrogen (secondary N) is 1. The molecule has 0 radical (unpaired) electrons. The zero-order chi connectivity index (χ0) is 23.5. The molecule has 1 N–H and O–H groups in total. The highest BCUT2D eigenvalue weighted by Gasteiger charge is 2.33. The van der Waals surface area contributed by atoms with Gasteiger partial charge < -0.3 is 14.7 Å². The summed E-state index contributed by atoms with van der Waals surface area (Å²) in [5.74, 6) is 0.549. The predicted molar refractivity (Wildman–Crippen MR) is 131 cm³/mol. The standard InChI is InChI=1S/C26H24ClN5O2/c1-17-23(25(34-31-17)19-6-3-2-4-7-19)30-26(33)32-13-5-8-22(32)24-20(15-28-16-29-24)14-18-9-11-21(27)12-10-18/h2-4,6-7,9-12,15-16,22H,5,8,13-14H2,1H3,(H,30,33)/t22-/m1/s1. The number of halogens is 1. The van der Waals surface area contributed by atoms with Gasteiger partial charge in [-0.1, -0.05) is 59.2 Å². The molecule has 0 unspecified atom stereocenters. The van der Waals surface area contributed by atoms with Crippen LogP contribution in [-0.2, 0) is 6.42 Å². The number of carbonyl (C=O) groups excluding carboxylic acids is 1. The number of aromatic nitrogens is 3. The predicted octanol–water partition coefficient (Wildman–Crippen LogP) is 6.05. The van der Waals surface area contributed by atoms with Crippen molar-refractivity contribution >= 4 is 23.3 Å². The molecule has 8 heteroatoms. The number of urea groups is 1. The Morgan fingerprint density at radius 1 is 1.18 bits per heavy atom. The SMILES string of the molecule is Cc1noc(-c2ccccc2)c1NC(=O)N1CCC[C@@H]1c1ncncc1Cc1ccc(Cl)cc1. The van der Waals surface area contributed by atoms with Gasteiger partial charge in [0.2, 0.25) is 0 Å². The van der Waals surface area contributed by atoms with E-state index in [0.29, 0.717) is 35.1 Å². The lowest BCUT2D eigenvalue weighted by atomic mass is 10.00. The Kier molecular flexibility index (Phi) is 6.27. The molecule has 3 heterocycles. The fraction of sp³-hybridized carbons (Fsp3) is 0.231. The third-order valence-corrected chi connectivity index (χ3v) is 6.34. The number of hydrogen-bond donors (Lipinski definition) is 1. The highest BCUT2D eigenvalue weighted by molar-refractivity contribution is 6.30. The van der Waals surface area contributed by atoms with Gasteiger partial charge in [-0.2, -0.15) is 0 Å². The summed E-state index contributed by atoms with van der Waals surface area (Å²) in [7, 11) is 0. The van der Waals surface area contributed by atoms with Crippen LogP contribution in [0.25, 0.3) is 11.3 Å². The van der Waals surface area contributed by atoms with Crippen LogP contribution in [0.4, 0.5) is 10.5 Å². The van der Waals surface area contributed by atoms with Gasteiger partial charge in [-0.25, -0.2) is 14.8 Å². The number of anilines is 1. The Labute approximate surface area is 202 Å². The fourth-order valence-electron chi connectivity index (χ4n) is 4.40. The molecular weight excluding hydrogens is 450 g/mol. The first-order valence-electron chi connectivity index (χ1n) is 11.2. The van der Waals surface area contributed by atoms with Gasteiger partial charge in [-0.15, -0.1) is 0 Å². The van der Waals surface area contributed by atoms with Gasteiger partial charge >= 0.3 is 6.03 Å². The minimum Gasteiger partial charge on any atom is -0.354 e. The molecule has 1 saturated heterocycles. The maximum Gasteiger partial charge on any atom is 0.322 e. The van der Waals surface area contributed by atoms with E-state index in [9.17, 15) is 4.79 Å². The quantitative estimate of drug-likeness (QED) is 0.381. The van der Waals surface area contributed by atoms with Gasteiger partial charge in [0.05, 0.1) is 11.7 Å². The van der Waals surface area contributed by atoms with Crippen LogP contribution in [0, 0.1) is 6.92 Å². The van der Waals surface area contributed by atoms with Gasteiger partial charge in [-0.3, -0.25) is 0 Å². The maximum absolute atomic E-state index is 13.4. The lowest BCUT2D eigenvalue weighted by Gasteiger charge is -2.26. The van der Waals surface area contributed by atoms with Crippen LogP contribution in [0.5, 0.6) is 0 Å². The molecule has 2 amide bonds. The molecule has 0 saturated carbocycles. The second kappa shape index (κ2) is 9.65. The summed E-state index contributed by atoms with van der Waals surface area (Å²) in [6.07, 6.45) is 5.79. The molecule has 2 aromatic carbocycles. The molecule has 0 aliphatic carbocycles. The Morgan fingerprint density at radius 3 is 2.76 bits per heavy atom. The van der Waals surface area contributed by atoms with Gasteiger partial charge in [0.15, 0.2) is 5.76 Å². The van der Waals surface area contributed by atoms with Crippen LogP contribution >= 0.6 is 11.6 Å².